The summed E-state index contributed by atoms with van der Waals surface area (Å²) in [6, 6.07) is 11.9. The maximum absolute atomic E-state index is 10.8. The average Bonchev–Trinajstić information content (AvgIpc) is 2.16. The Labute approximate surface area is 167 Å². The molecular weight excluding hydrogens is 269 g/mol. The molecule has 78 valence electrons. The summed E-state index contributed by atoms with van der Waals surface area (Å²) < 4.78 is 30.5. The number of hydrogen-bond acceptors (Lipinski definition) is 2. The summed E-state index contributed by atoms with van der Waals surface area (Å²) in [4.78, 5) is -0.0730. The summed E-state index contributed by atoms with van der Waals surface area (Å²) in [7, 11) is -4.09. The first-order chi connectivity index (χ1) is 6.57. The fourth-order valence-electron chi connectivity index (χ4n) is 1.33. The zero-order valence-electron chi connectivity index (χ0n) is 7.21. The SMILES string of the molecule is O=S(=O)(O)c1ccc2ccccc2c1.[NaH].[NaH].[NaH]. The summed E-state index contributed by atoms with van der Waals surface area (Å²) in [5, 5.41) is 1.74. The Morgan fingerprint density at radius 2 is 1.35 bits per heavy atom. The molecule has 0 heterocycles. The summed E-state index contributed by atoms with van der Waals surface area (Å²) in [5.74, 6) is 0. The van der Waals surface area contributed by atoms with Gasteiger partial charge in [0.25, 0.3) is 10.1 Å². The van der Waals surface area contributed by atoms with E-state index in [1.165, 1.54) is 12.1 Å². The van der Waals surface area contributed by atoms with Gasteiger partial charge < -0.3 is 0 Å². The van der Waals surface area contributed by atoms with Gasteiger partial charge in [-0.1, -0.05) is 30.3 Å². The van der Waals surface area contributed by atoms with Crippen LogP contribution in [0.25, 0.3) is 10.8 Å². The van der Waals surface area contributed by atoms with Gasteiger partial charge in [-0.15, -0.1) is 0 Å². The molecule has 0 amide bonds. The Morgan fingerprint density at radius 1 is 0.824 bits per heavy atom. The van der Waals surface area contributed by atoms with Crippen LogP contribution < -0.4 is 0 Å². The molecule has 2 rings (SSSR count). The van der Waals surface area contributed by atoms with Crippen molar-refractivity contribution < 1.29 is 13.0 Å². The molecule has 0 atom stereocenters. The first-order valence-electron chi connectivity index (χ1n) is 4.04. The molecule has 0 aliphatic rings. The molecule has 0 unspecified atom stereocenters. The first kappa shape index (κ1) is 20.9. The number of hydrogen-bond donors (Lipinski definition) is 1. The van der Waals surface area contributed by atoms with Crippen molar-refractivity contribution in [2.24, 2.45) is 0 Å². The molecule has 3 nitrogen and oxygen atoms in total. The molecule has 0 spiro atoms. The van der Waals surface area contributed by atoms with E-state index in [1.54, 1.807) is 12.1 Å². The van der Waals surface area contributed by atoms with Crippen LogP contribution in [0.1, 0.15) is 0 Å². The van der Waals surface area contributed by atoms with Crippen molar-refractivity contribution in [2.45, 2.75) is 4.90 Å². The van der Waals surface area contributed by atoms with Crippen molar-refractivity contribution in [3.8, 4) is 0 Å². The third-order valence-electron chi connectivity index (χ3n) is 2.02. The number of fused-ring (bicyclic) bond motifs is 1. The molecule has 0 saturated carbocycles. The second kappa shape index (κ2) is 8.72. The molecule has 2 aromatic rings. The normalized spacial score (nSPS) is 9.71. The Hall–Kier alpha value is 1.61. The van der Waals surface area contributed by atoms with Crippen molar-refractivity contribution in [1.82, 2.24) is 0 Å². The monoisotopic (exact) mass is 280 g/mol. The Kier molecular flexibility index (Phi) is 10.7. The fraction of sp³-hybridized carbons (Fsp3) is 0. The second-order valence-corrected chi connectivity index (χ2v) is 4.41. The van der Waals surface area contributed by atoms with Gasteiger partial charge in [-0.2, -0.15) is 8.42 Å². The Morgan fingerprint density at radius 3 is 1.88 bits per heavy atom. The Balaban J connectivity index is 0. The number of rotatable bonds is 1. The van der Waals surface area contributed by atoms with Crippen molar-refractivity contribution in [2.75, 3.05) is 0 Å². The van der Waals surface area contributed by atoms with E-state index in [0.29, 0.717) is 0 Å². The van der Waals surface area contributed by atoms with Gasteiger partial charge in [0.1, 0.15) is 0 Å². The third kappa shape index (κ3) is 5.63. The molecule has 1 N–H and O–H groups in total. The van der Waals surface area contributed by atoms with E-state index in [9.17, 15) is 8.42 Å². The van der Waals surface area contributed by atoms with E-state index in [1.807, 2.05) is 18.2 Å². The molecule has 0 bridgehead atoms. The van der Waals surface area contributed by atoms with Crippen molar-refractivity contribution in [3.63, 3.8) is 0 Å². The van der Waals surface area contributed by atoms with Crippen LogP contribution in [0.5, 0.6) is 0 Å². The van der Waals surface area contributed by atoms with E-state index >= 15 is 0 Å². The Bertz CT molecular complexity index is 584. The minimum atomic E-state index is -4.09. The van der Waals surface area contributed by atoms with Crippen LogP contribution in [0.2, 0.25) is 0 Å². The fourth-order valence-corrected chi connectivity index (χ4v) is 1.84. The molecular formula is C10H11Na3O3S. The average molecular weight is 280 g/mol. The van der Waals surface area contributed by atoms with Crippen LogP contribution in [0.3, 0.4) is 0 Å². The minimum absolute atomic E-state index is 0. The molecule has 0 fully saturated rings. The zero-order valence-corrected chi connectivity index (χ0v) is 8.03. The molecule has 7 heteroatoms. The van der Waals surface area contributed by atoms with E-state index in [0.717, 1.165) is 10.8 Å². The standard InChI is InChI=1S/C10H8O3S.3Na.3H/c11-14(12,13)10-6-5-8-3-1-2-4-9(8)7-10;;;;;;/h1-7H,(H,11,12,13);;;;;;. The predicted octanol–water partition coefficient (Wildman–Crippen LogP) is 0.141. The van der Waals surface area contributed by atoms with Gasteiger partial charge in [-0.3, -0.25) is 4.55 Å². The van der Waals surface area contributed by atoms with Gasteiger partial charge in [0.2, 0.25) is 0 Å². The molecule has 17 heavy (non-hydrogen) atoms. The molecule has 2 aromatic carbocycles. The topological polar surface area (TPSA) is 54.4 Å². The van der Waals surface area contributed by atoms with E-state index in [2.05, 4.69) is 0 Å². The van der Waals surface area contributed by atoms with Crippen molar-refractivity contribution in [1.29, 1.82) is 0 Å². The van der Waals surface area contributed by atoms with Gasteiger partial charge >= 0.3 is 88.7 Å². The molecule has 0 saturated heterocycles. The molecule has 0 aliphatic heterocycles. The first-order valence-corrected chi connectivity index (χ1v) is 5.48. The van der Waals surface area contributed by atoms with Crippen LogP contribution in [-0.4, -0.2) is 102 Å². The molecule has 0 aromatic heterocycles. The van der Waals surface area contributed by atoms with Crippen molar-refractivity contribution in [3.05, 3.63) is 42.5 Å². The van der Waals surface area contributed by atoms with Crippen LogP contribution >= 0.6 is 0 Å². The molecule has 0 radical (unpaired) electrons. The van der Waals surface area contributed by atoms with E-state index in [-0.39, 0.29) is 93.6 Å². The van der Waals surface area contributed by atoms with Crippen LogP contribution in [0, 0.1) is 0 Å². The predicted molar refractivity (Wildman–Crippen MR) is 75.2 cm³/mol. The van der Waals surface area contributed by atoms with Gasteiger partial charge in [0, 0.05) is 0 Å². The summed E-state index contributed by atoms with van der Waals surface area (Å²) in [6.45, 7) is 0. The van der Waals surface area contributed by atoms with Gasteiger partial charge in [-0.05, 0) is 22.9 Å². The van der Waals surface area contributed by atoms with Gasteiger partial charge in [0.05, 0.1) is 4.90 Å². The summed E-state index contributed by atoms with van der Waals surface area (Å²) in [5.41, 5.74) is 0. The van der Waals surface area contributed by atoms with Crippen LogP contribution in [-0.2, 0) is 10.1 Å². The zero-order chi connectivity index (χ0) is 10.2. The van der Waals surface area contributed by atoms with Gasteiger partial charge in [-0.25, -0.2) is 0 Å². The second-order valence-electron chi connectivity index (χ2n) is 2.98. The van der Waals surface area contributed by atoms with Crippen LogP contribution in [0.15, 0.2) is 47.4 Å². The van der Waals surface area contributed by atoms with E-state index in [4.69, 9.17) is 4.55 Å². The van der Waals surface area contributed by atoms with E-state index < -0.39 is 10.1 Å². The summed E-state index contributed by atoms with van der Waals surface area (Å²) >= 11 is 0. The molecule has 0 aliphatic carbocycles. The quantitative estimate of drug-likeness (QED) is 0.597. The van der Waals surface area contributed by atoms with Crippen LogP contribution in [0.4, 0.5) is 0 Å². The maximum atomic E-state index is 10.8. The van der Waals surface area contributed by atoms with Gasteiger partial charge in [0.15, 0.2) is 0 Å². The third-order valence-corrected chi connectivity index (χ3v) is 2.87. The summed E-state index contributed by atoms with van der Waals surface area (Å²) in [6.07, 6.45) is 0. The number of benzene rings is 2. The van der Waals surface area contributed by atoms with Crippen molar-refractivity contribution >= 4 is 110 Å².